The van der Waals surface area contributed by atoms with Crippen LogP contribution in [-0.2, 0) is 0 Å². The molecule has 0 spiro atoms. The van der Waals surface area contributed by atoms with Crippen molar-refractivity contribution in [1.82, 2.24) is 4.90 Å². The molecule has 1 aliphatic heterocycles. The Hall–Kier alpha value is -1.60. The Morgan fingerprint density at radius 2 is 2.38 bits per heavy atom. The third-order valence-corrected chi connectivity index (χ3v) is 2.85. The first-order valence-corrected chi connectivity index (χ1v) is 5.34. The van der Waals surface area contributed by atoms with Crippen molar-refractivity contribution in [1.29, 1.82) is 5.26 Å². The van der Waals surface area contributed by atoms with Gasteiger partial charge >= 0.3 is 0 Å². The molecule has 0 radical (unpaired) electrons. The van der Waals surface area contributed by atoms with Crippen LogP contribution in [0, 0.1) is 17.1 Å². The van der Waals surface area contributed by atoms with E-state index in [4.69, 9.17) is 5.26 Å². The zero-order valence-electron chi connectivity index (χ0n) is 9.20. The maximum atomic E-state index is 13.1. The van der Waals surface area contributed by atoms with Crippen LogP contribution in [0.5, 0.6) is 0 Å². The number of hydrogen-bond donors (Lipinski definition) is 1. The molecule has 1 aromatic rings. The fourth-order valence-corrected chi connectivity index (χ4v) is 1.99. The molecule has 0 bridgehead atoms. The standard InChI is InChI=1S/C12H14FN3/c1-16-5-4-11(8-16)15-10-2-3-12(13)9(6-10)7-14/h2-3,6,11,15H,4-5,8H2,1H3. The summed E-state index contributed by atoms with van der Waals surface area (Å²) in [5.74, 6) is -0.461. The number of rotatable bonds is 2. The highest BCUT2D eigenvalue weighted by molar-refractivity contribution is 5.50. The van der Waals surface area contributed by atoms with Crippen LogP contribution in [0.1, 0.15) is 12.0 Å². The second kappa shape index (κ2) is 4.50. The van der Waals surface area contributed by atoms with E-state index in [0.29, 0.717) is 6.04 Å². The van der Waals surface area contributed by atoms with Gasteiger partial charge in [0.1, 0.15) is 11.9 Å². The van der Waals surface area contributed by atoms with Gasteiger partial charge in [-0.15, -0.1) is 0 Å². The Kier molecular flexibility index (Phi) is 3.07. The first kappa shape index (κ1) is 10.9. The fraction of sp³-hybridized carbons (Fsp3) is 0.417. The summed E-state index contributed by atoms with van der Waals surface area (Å²) < 4.78 is 13.1. The molecular formula is C12H14FN3. The van der Waals surface area contributed by atoms with Crippen molar-refractivity contribution in [3.8, 4) is 6.07 Å². The topological polar surface area (TPSA) is 39.1 Å². The molecule has 1 unspecified atom stereocenters. The number of benzene rings is 1. The zero-order chi connectivity index (χ0) is 11.5. The van der Waals surface area contributed by atoms with Gasteiger partial charge in [0.2, 0.25) is 0 Å². The third kappa shape index (κ3) is 2.31. The zero-order valence-corrected chi connectivity index (χ0v) is 9.20. The summed E-state index contributed by atoms with van der Waals surface area (Å²) in [5.41, 5.74) is 0.912. The average Bonchev–Trinajstić information content (AvgIpc) is 2.67. The van der Waals surface area contributed by atoms with Crippen molar-refractivity contribution in [3.63, 3.8) is 0 Å². The summed E-state index contributed by atoms with van der Waals surface area (Å²) in [4.78, 5) is 2.24. The van der Waals surface area contributed by atoms with Crippen LogP contribution in [0.2, 0.25) is 0 Å². The van der Waals surface area contributed by atoms with Gasteiger partial charge in [-0.25, -0.2) is 4.39 Å². The minimum atomic E-state index is -0.461. The summed E-state index contributed by atoms with van der Waals surface area (Å²) in [5, 5.41) is 12.0. The van der Waals surface area contributed by atoms with Gasteiger partial charge in [0.25, 0.3) is 0 Å². The molecule has 1 fully saturated rings. The molecule has 0 saturated carbocycles. The van der Waals surface area contributed by atoms with Crippen molar-refractivity contribution in [2.24, 2.45) is 0 Å². The molecule has 1 heterocycles. The predicted octanol–water partition coefficient (Wildman–Crippen LogP) is 1.81. The first-order chi connectivity index (χ1) is 7.69. The van der Waals surface area contributed by atoms with E-state index in [2.05, 4.69) is 17.3 Å². The van der Waals surface area contributed by atoms with Crippen LogP contribution in [0.15, 0.2) is 18.2 Å². The van der Waals surface area contributed by atoms with Gasteiger partial charge in [-0.1, -0.05) is 0 Å². The van der Waals surface area contributed by atoms with E-state index in [0.717, 1.165) is 25.2 Å². The summed E-state index contributed by atoms with van der Waals surface area (Å²) in [7, 11) is 2.08. The van der Waals surface area contributed by atoms with Crippen molar-refractivity contribution in [3.05, 3.63) is 29.6 Å². The molecular weight excluding hydrogens is 205 g/mol. The molecule has 3 nitrogen and oxygen atoms in total. The Balaban J connectivity index is 2.08. The molecule has 1 N–H and O–H groups in total. The highest BCUT2D eigenvalue weighted by Gasteiger charge is 2.19. The number of nitriles is 1. The smallest absolute Gasteiger partial charge is 0.141 e. The normalized spacial score (nSPS) is 20.7. The van der Waals surface area contributed by atoms with Crippen molar-refractivity contribution < 1.29 is 4.39 Å². The number of halogens is 1. The van der Waals surface area contributed by atoms with Crippen molar-refractivity contribution in [2.45, 2.75) is 12.5 Å². The van der Waals surface area contributed by atoms with Crippen LogP contribution in [-0.4, -0.2) is 31.1 Å². The largest absolute Gasteiger partial charge is 0.381 e. The molecule has 16 heavy (non-hydrogen) atoms. The first-order valence-electron chi connectivity index (χ1n) is 5.34. The summed E-state index contributed by atoms with van der Waals surface area (Å²) >= 11 is 0. The number of hydrogen-bond acceptors (Lipinski definition) is 3. The van der Waals surface area contributed by atoms with E-state index in [1.54, 1.807) is 12.1 Å². The van der Waals surface area contributed by atoms with Crippen LogP contribution in [0.25, 0.3) is 0 Å². The molecule has 1 aromatic carbocycles. The van der Waals surface area contributed by atoms with Gasteiger partial charge in [0.15, 0.2) is 0 Å². The van der Waals surface area contributed by atoms with E-state index in [-0.39, 0.29) is 5.56 Å². The summed E-state index contributed by atoms with van der Waals surface area (Å²) in [6, 6.07) is 6.81. The number of likely N-dealkylation sites (N-methyl/N-ethyl adjacent to an activating group) is 1. The summed E-state index contributed by atoms with van der Waals surface area (Å²) in [6.45, 7) is 2.06. The molecule has 0 amide bonds. The van der Waals surface area contributed by atoms with Gasteiger partial charge in [0, 0.05) is 18.3 Å². The lowest BCUT2D eigenvalue weighted by molar-refractivity contribution is 0.414. The van der Waals surface area contributed by atoms with Crippen LogP contribution in [0.4, 0.5) is 10.1 Å². The third-order valence-electron chi connectivity index (χ3n) is 2.85. The van der Waals surface area contributed by atoms with E-state index in [1.165, 1.54) is 6.07 Å². The van der Waals surface area contributed by atoms with E-state index >= 15 is 0 Å². The Morgan fingerprint density at radius 3 is 3.00 bits per heavy atom. The lowest BCUT2D eigenvalue weighted by atomic mass is 10.2. The highest BCUT2D eigenvalue weighted by atomic mass is 19.1. The molecule has 1 saturated heterocycles. The molecule has 2 rings (SSSR count). The highest BCUT2D eigenvalue weighted by Crippen LogP contribution is 2.17. The SMILES string of the molecule is CN1CCC(Nc2ccc(F)c(C#N)c2)C1. The van der Waals surface area contributed by atoms with Gasteiger partial charge < -0.3 is 10.2 Å². The number of anilines is 1. The van der Waals surface area contributed by atoms with Gasteiger partial charge in [-0.05, 0) is 38.2 Å². The Labute approximate surface area is 94.5 Å². The van der Waals surface area contributed by atoms with E-state index in [9.17, 15) is 4.39 Å². The van der Waals surface area contributed by atoms with Crippen LogP contribution in [0.3, 0.4) is 0 Å². The molecule has 1 aliphatic rings. The Morgan fingerprint density at radius 1 is 1.56 bits per heavy atom. The Bertz CT molecular complexity index is 425. The second-order valence-corrected chi connectivity index (χ2v) is 4.20. The fourth-order valence-electron chi connectivity index (χ4n) is 1.99. The van der Waals surface area contributed by atoms with Crippen molar-refractivity contribution in [2.75, 3.05) is 25.5 Å². The van der Waals surface area contributed by atoms with Gasteiger partial charge in [-0.2, -0.15) is 5.26 Å². The maximum absolute atomic E-state index is 13.1. The molecule has 0 aliphatic carbocycles. The van der Waals surface area contributed by atoms with Crippen molar-refractivity contribution >= 4 is 5.69 Å². The van der Waals surface area contributed by atoms with E-state index < -0.39 is 5.82 Å². The molecule has 0 aromatic heterocycles. The van der Waals surface area contributed by atoms with Crippen LogP contribution < -0.4 is 5.32 Å². The molecule has 1 atom stereocenters. The van der Waals surface area contributed by atoms with Crippen LogP contribution >= 0.6 is 0 Å². The monoisotopic (exact) mass is 219 g/mol. The lowest BCUT2D eigenvalue weighted by Gasteiger charge is -2.14. The number of likely N-dealkylation sites (tertiary alicyclic amines) is 1. The molecule has 4 heteroatoms. The minimum Gasteiger partial charge on any atom is -0.381 e. The van der Waals surface area contributed by atoms with Gasteiger partial charge in [0.05, 0.1) is 5.56 Å². The van der Waals surface area contributed by atoms with Gasteiger partial charge in [-0.3, -0.25) is 0 Å². The predicted molar refractivity (Wildman–Crippen MR) is 60.6 cm³/mol. The quantitative estimate of drug-likeness (QED) is 0.824. The van der Waals surface area contributed by atoms with E-state index in [1.807, 2.05) is 6.07 Å². The number of nitrogens with zero attached hydrogens (tertiary/aromatic N) is 2. The minimum absolute atomic E-state index is 0.0938. The second-order valence-electron chi connectivity index (χ2n) is 4.20. The average molecular weight is 219 g/mol. The summed E-state index contributed by atoms with van der Waals surface area (Å²) in [6.07, 6.45) is 1.08. The molecule has 84 valence electrons. The maximum Gasteiger partial charge on any atom is 0.141 e. The number of nitrogens with one attached hydrogen (secondary N) is 1. The lowest BCUT2D eigenvalue weighted by Crippen LogP contribution is -2.23.